The first-order chi connectivity index (χ1) is 10.8. The van der Waals surface area contributed by atoms with Gasteiger partial charge in [-0.1, -0.05) is 24.3 Å². The normalized spacial score (nSPS) is 9.70. The number of alkyl halides is 2. The number of rotatable bonds is 4. The van der Waals surface area contributed by atoms with E-state index in [0.717, 1.165) is 12.1 Å². The molecule has 0 unspecified atom stereocenters. The number of phenolic OH excluding ortho intramolecular Hbond substituents is 1. The Labute approximate surface area is 127 Å². The van der Waals surface area contributed by atoms with Gasteiger partial charge in [0.05, 0.1) is 9.85 Å². The highest BCUT2D eigenvalue weighted by molar-refractivity contribution is 5.45. The lowest BCUT2D eigenvalue weighted by Crippen LogP contribution is -2.04. The van der Waals surface area contributed by atoms with Crippen molar-refractivity contribution in [1.82, 2.24) is 0 Å². The number of benzene rings is 2. The van der Waals surface area contributed by atoms with E-state index in [-0.39, 0.29) is 11.4 Å². The van der Waals surface area contributed by atoms with Crippen molar-refractivity contribution in [1.29, 1.82) is 0 Å². The van der Waals surface area contributed by atoms with E-state index < -0.39 is 27.9 Å². The van der Waals surface area contributed by atoms with Crippen LogP contribution in [0.25, 0.3) is 0 Å². The fraction of sp³-hybridized carbons (Fsp3) is 0.0769. The molecule has 0 radical (unpaired) electrons. The summed E-state index contributed by atoms with van der Waals surface area (Å²) in [5, 5.41) is 29.2. The van der Waals surface area contributed by atoms with Gasteiger partial charge in [-0.05, 0) is 12.1 Å². The Hall–Kier alpha value is -3.30. The summed E-state index contributed by atoms with van der Waals surface area (Å²) in [4.78, 5) is 18.9. The number of nitrogens with zero attached hydrogens (tertiary/aromatic N) is 2. The molecule has 0 heterocycles. The van der Waals surface area contributed by atoms with E-state index >= 15 is 0 Å². The summed E-state index contributed by atoms with van der Waals surface area (Å²) in [6.45, 7) is -3.05. The Bertz CT molecular complexity index is 696. The monoisotopic (exact) mass is 328 g/mol. The van der Waals surface area contributed by atoms with Gasteiger partial charge < -0.3 is 9.84 Å². The van der Waals surface area contributed by atoms with Gasteiger partial charge in [0.25, 0.3) is 0 Å². The molecule has 0 atom stereocenters. The Morgan fingerprint density at radius 1 is 0.913 bits per heavy atom. The minimum atomic E-state index is -3.05. The second kappa shape index (κ2) is 8.22. The van der Waals surface area contributed by atoms with E-state index in [1.165, 1.54) is 36.4 Å². The molecule has 122 valence electrons. The maximum atomic E-state index is 11.7. The van der Waals surface area contributed by atoms with Crippen molar-refractivity contribution in [3.8, 4) is 11.5 Å². The molecule has 23 heavy (non-hydrogen) atoms. The van der Waals surface area contributed by atoms with E-state index in [1.54, 1.807) is 0 Å². The zero-order chi connectivity index (χ0) is 17.4. The largest absolute Gasteiger partial charge is 0.502 e. The number of aromatic hydroxyl groups is 1. The van der Waals surface area contributed by atoms with Crippen LogP contribution in [-0.4, -0.2) is 21.6 Å². The topological polar surface area (TPSA) is 116 Å². The second-order valence-electron chi connectivity index (χ2n) is 3.85. The minimum absolute atomic E-state index is 0.262. The van der Waals surface area contributed by atoms with E-state index in [0.29, 0.717) is 0 Å². The van der Waals surface area contributed by atoms with Gasteiger partial charge in [0.15, 0.2) is 5.75 Å². The van der Waals surface area contributed by atoms with Gasteiger partial charge in [0.2, 0.25) is 5.75 Å². The first-order valence-electron chi connectivity index (χ1n) is 5.93. The average molecular weight is 328 g/mol. The summed E-state index contributed by atoms with van der Waals surface area (Å²) in [5.41, 5.74) is -0.731. The molecule has 0 bridgehead atoms. The third kappa shape index (κ3) is 5.53. The van der Waals surface area contributed by atoms with Crippen molar-refractivity contribution >= 4 is 11.4 Å². The van der Waals surface area contributed by atoms with E-state index in [4.69, 9.17) is 5.11 Å². The van der Waals surface area contributed by atoms with Crippen molar-refractivity contribution in [2.75, 3.05) is 0 Å². The number of phenols is 1. The van der Waals surface area contributed by atoms with Crippen molar-refractivity contribution in [2.24, 2.45) is 0 Å². The molecule has 0 fully saturated rings. The Morgan fingerprint density at radius 3 is 1.83 bits per heavy atom. The average Bonchev–Trinajstić information content (AvgIpc) is 2.47. The lowest BCUT2D eigenvalue weighted by Gasteiger charge is -2.03. The van der Waals surface area contributed by atoms with Crippen LogP contribution < -0.4 is 4.74 Å². The Balaban J connectivity index is 0.000000238. The number of ether oxygens (including phenoxy) is 1. The minimum Gasteiger partial charge on any atom is -0.502 e. The highest BCUT2D eigenvalue weighted by Crippen LogP contribution is 2.27. The van der Waals surface area contributed by atoms with Crippen LogP contribution in [0.1, 0.15) is 0 Å². The van der Waals surface area contributed by atoms with Gasteiger partial charge in [0.1, 0.15) is 0 Å². The predicted octanol–water partition coefficient (Wildman–Crippen LogP) is 3.50. The van der Waals surface area contributed by atoms with Crippen molar-refractivity contribution in [3.05, 3.63) is 68.8 Å². The second-order valence-corrected chi connectivity index (χ2v) is 3.85. The quantitative estimate of drug-likeness (QED) is 0.678. The van der Waals surface area contributed by atoms with Gasteiger partial charge in [-0.15, -0.1) is 0 Å². The molecule has 2 rings (SSSR count). The summed E-state index contributed by atoms with van der Waals surface area (Å²) in [5.74, 6) is -0.727. The van der Waals surface area contributed by atoms with Crippen molar-refractivity contribution in [3.63, 3.8) is 0 Å². The smallest absolute Gasteiger partial charge is 0.387 e. The lowest BCUT2D eigenvalue weighted by atomic mass is 10.3. The summed E-state index contributed by atoms with van der Waals surface area (Å²) < 4.78 is 27.4. The Morgan fingerprint density at radius 2 is 1.39 bits per heavy atom. The number of nitro groups is 2. The highest BCUT2D eigenvalue weighted by Gasteiger charge is 2.16. The number of halogens is 2. The van der Waals surface area contributed by atoms with Gasteiger partial charge >= 0.3 is 18.0 Å². The van der Waals surface area contributed by atoms with Crippen molar-refractivity contribution < 1.29 is 28.5 Å². The van der Waals surface area contributed by atoms with Gasteiger partial charge in [-0.2, -0.15) is 8.78 Å². The number of hydrogen-bond acceptors (Lipinski definition) is 6. The molecule has 0 aliphatic heterocycles. The molecule has 0 aromatic heterocycles. The van der Waals surface area contributed by atoms with Crippen molar-refractivity contribution in [2.45, 2.75) is 6.61 Å². The van der Waals surface area contributed by atoms with E-state index in [2.05, 4.69) is 4.74 Å². The number of para-hydroxylation sites is 4. The van der Waals surface area contributed by atoms with Gasteiger partial charge in [0, 0.05) is 12.1 Å². The summed E-state index contributed by atoms with van der Waals surface area (Å²) in [6, 6.07) is 10.5. The van der Waals surface area contributed by atoms with Crippen LogP contribution in [0.15, 0.2) is 48.5 Å². The zero-order valence-corrected chi connectivity index (χ0v) is 11.3. The fourth-order valence-corrected chi connectivity index (χ4v) is 1.42. The summed E-state index contributed by atoms with van der Waals surface area (Å²) in [6.07, 6.45) is 0. The maximum absolute atomic E-state index is 11.7. The van der Waals surface area contributed by atoms with Crippen LogP contribution in [0, 0.1) is 20.2 Å². The van der Waals surface area contributed by atoms with Crippen LogP contribution in [0.5, 0.6) is 11.5 Å². The fourth-order valence-electron chi connectivity index (χ4n) is 1.42. The molecular weight excluding hydrogens is 318 g/mol. The SMILES string of the molecule is O=[N+]([O-])c1ccccc1O.O=[N+]([O-])c1ccccc1OC(F)F. The molecule has 0 saturated heterocycles. The molecule has 0 aliphatic rings. The third-order valence-electron chi connectivity index (χ3n) is 2.36. The molecule has 1 N–H and O–H groups in total. The molecular formula is C13H10F2N2O6. The predicted molar refractivity (Wildman–Crippen MR) is 74.5 cm³/mol. The van der Waals surface area contributed by atoms with Crippen LogP contribution in [0.4, 0.5) is 20.2 Å². The van der Waals surface area contributed by atoms with E-state index in [1.807, 2.05) is 0 Å². The number of hydrogen-bond donors (Lipinski definition) is 1. The molecule has 2 aromatic carbocycles. The lowest BCUT2D eigenvalue weighted by molar-refractivity contribution is -0.386. The molecule has 8 nitrogen and oxygen atoms in total. The van der Waals surface area contributed by atoms with E-state index in [9.17, 15) is 29.0 Å². The molecule has 0 aliphatic carbocycles. The molecule has 0 amide bonds. The highest BCUT2D eigenvalue weighted by atomic mass is 19.3. The first kappa shape index (κ1) is 17.8. The maximum Gasteiger partial charge on any atom is 0.387 e. The Kier molecular flexibility index (Phi) is 6.34. The standard InChI is InChI=1S/C7H5F2NO3.C6H5NO3/c8-7(9)13-6-4-2-1-3-5(6)10(11)12;8-6-4-2-1-3-5(6)7(9)10/h1-4,7H;1-4,8H. The van der Waals surface area contributed by atoms with Crippen LogP contribution in [0.3, 0.4) is 0 Å². The van der Waals surface area contributed by atoms with Crippen LogP contribution in [0.2, 0.25) is 0 Å². The third-order valence-corrected chi connectivity index (χ3v) is 2.36. The summed E-state index contributed by atoms with van der Waals surface area (Å²) >= 11 is 0. The first-order valence-corrected chi connectivity index (χ1v) is 5.93. The molecule has 0 spiro atoms. The summed E-state index contributed by atoms with van der Waals surface area (Å²) in [7, 11) is 0. The van der Waals surface area contributed by atoms with Crippen LogP contribution >= 0.6 is 0 Å². The zero-order valence-electron chi connectivity index (χ0n) is 11.3. The molecule has 2 aromatic rings. The molecule has 10 heteroatoms. The van der Waals surface area contributed by atoms with Gasteiger partial charge in [-0.25, -0.2) is 0 Å². The molecule has 0 saturated carbocycles. The van der Waals surface area contributed by atoms with Gasteiger partial charge in [-0.3, -0.25) is 20.2 Å². The number of nitro benzene ring substituents is 2. The van der Waals surface area contributed by atoms with Crippen LogP contribution in [-0.2, 0) is 0 Å².